The van der Waals surface area contributed by atoms with E-state index in [-0.39, 0.29) is 0 Å². The average Bonchev–Trinajstić information content (AvgIpc) is 2.98. The van der Waals surface area contributed by atoms with Crippen LogP contribution in [0, 0.1) is 4.77 Å². The Hall–Kier alpha value is -2.65. The van der Waals surface area contributed by atoms with Crippen molar-refractivity contribution in [2.24, 2.45) is 7.05 Å². The maximum Gasteiger partial charge on any atom is 0.225 e. The van der Waals surface area contributed by atoms with Gasteiger partial charge in [0.1, 0.15) is 0 Å². The van der Waals surface area contributed by atoms with E-state index in [4.69, 9.17) is 17.3 Å². The first-order valence-corrected chi connectivity index (χ1v) is 8.92. The summed E-state index contributed by atoms with van der Waals surface area (Å²) < 4.78 is 4.55. The molecule has 0 aliphatic carbocycles. The smallest absolute Gasteiger partial charge is 0.225 e. The van der Waals surface area contributed by atoms with Crippen molar-refractivity contribution in [2.75, 3.05) is 31.1 Å². The van der Waals surface area contributed by atoms with Crippen LogP contribution in [-0.4, -0.2) is 60.4 Å². The largest absolute Gasteiger partial charge is 0.338 e. The molecular formula is C17H20N8S. The van der Waals surface area contributed by atoms with E-state index in [0.29, 0.717) is 11.4 Å². The second-order valence-corrected chi connectivity index (χ2v) is 6.56. The van der Waals surface area contributed by atoms with Gasteiger partial charge in [-0.2, -0.15) is 5.10 Å². The monoisotopic (exact) mass is 368 g/mol. The summed E-state index contributed by atoms with van der Waals surface area (Å²) in [4.78, 5) is 17.3. The Morgan fingerprint density at radius 3 is 2.38 bits per heavy atom. The normalized spacial score (nSPS) is 15.3. The van der Waals surface area contributed by atoms with Crippen molar-refractivity contribution < 1.29 is 0 Å². The summed E-state index contributed by atoms with van der Waals surface area (Å²) in [6.45, 7) is 4.30. The van der Waals surface area contributed by atoms with Gasteiger partial charge in [-0.25, -0.2) is 14.6 Å². The highest BCUT2D eigenvalue weighted by Crippen LogP contribution is 2.17. The van der Waals surface area contributed by atoms with Gasteiger partial charge in [-0.15, -0.1) is 0 Å². The van der Waals surface area contributed by atoms with Gasteiger partial charge in [0.05, 0.1) is 6.67 Å². The van der Waals surface area contributed by atoms with Gasteiger partial charge in [-0.05, 0) is 30.4 Å². The topological polar surface area (TPSA) is 67.9 Å². The number of hydrogen-bond donors (Lipinski definition) is 0. The minimum atomic E-state index is 0.682. The van der Waals surface area contributed by atoms with Crippen LogP contribution in [0.2, 0.25) is 0 Å². The summed E-state index contributed by atoms with van der Waals surface area (Å²) in [5.41, 5.74) is 1.01. The first-order valence-electron chi connectivity index (χ1n) is 8.51. The standard InChI is InChI=1S/C17H20N8S/c1-22-15(14-3-7-18-8-4-14)21-25(17(22)26)13-23-9-11-24(12-10-23)16-19-5-2-6-20-16/h2-8H,9-13H2,1H3. The lowest BCUT2D eigenvalue weighted by molar-refractivity contribution is 0.193. The molecule has 1 fully saturated rings. The quantitative estimate of drug-likeness (QED) is 0.648. The molecule has 0 radical (unpaired) electrons. The van der Waals surface area contributed by atoms with E-state index in [2.05, 4.69) is 24.8 Å². The van der Waals surface area contributed by atoms with Crippen molar-refractivity contribution in [1.29, 1.82) is 0 Å². The van der Waals surface area contributed by atoms with Gasteiger partial charge in [0, 0.05) is 63.6 Å². The van der Waals surface area contributed by atoms with E-state index in [1.807, 2.05) is 34.5 Å². The molecule has 0 bridgehead atoms. The van der Waals surface area contributed by atoms with Gasteiger partial charge in [-0.1, -0.05) is 0 Å². The van der Waals surface area contributed by atoms with Gasteiger partial charge in [-0.3, -0.25) is 9.88 Å². The third kappa shape index (κ3) is 3.35. The van der Waals surface area contributed by atoms with Crippen molar-refractivity contribution in [3.8, 4) is 11.4 Å². The summed E-state index contributed by atoms with van der Waals surface area (Å²) in [6, 6.07) is 5.73. The molecule has 26 heavy (non-hydrogen) atoms. The minimum Gasteiger partial charge on any atom is -0.338 e. The van der Waals surface area contributed by atoms with Crippen molar-refractivity contribution in [1.82, 2.24) is 34.2 Å². The number of piperazine rings is 1. The maximum atomic E-state index is 5.57. The molecule has 0 saturated carbocycles. The Morgan fingerprint density at radius 1 is 1.00 bits per heavy atom. The Morgan fingerprint density at radius 2 is 1.69 bits per heavy atom. The maximum absolute atomic E-state index is 5.57. The molecule has 3 aromatic rings. The van der Waals surface area contributed by atoms with Crippen molar-refractivity contribution in [3.05, 3.63) is 47.8 Å². The summed E-state index contributed by atoms with van der Waals surface area (Å²) in [5, 5.41) is 4.72. The molecule has 1 aliphatic rings. The Bertz CT molecular complexity index is 913. The molecule has 8 nitrogen and oxygen atoms in total. The predicted octanol–water partition coefficient (Wildman–Crippen LogP) is 1.58. The molecule has 0 spiro atoms. The highest BCUT2D eigenvalue weighted by molar-refractivity contribution is 7.71. The fourth-order valence-corrected chi connectivity index (χ4v) is 3.25. The fraction of sp³-hybridized carbons (Fsp3) is 0.353. The van der Waals surface area contributed by atoms with Gasteiger partial charge in [0.2, 0.25) is 5.95 Å². The predicted molar refractivity (Wildman–Crippen MR) is 101 cm³/mol. The average molecular weight is 368 g/mol. The molecule has 0 atom stereocenters. The second kappa shape index (κ2) is 7.30. The third-order valence-corrected chi connectivity index (χ3v) is 5.01. The lowest BCUT2D eigenvalue weighted by Crippen LogP contribution is -2.47. The zero-order valence-corrected chi connectivity index (χ0v) is 15.4. The van der Waals surface area contributed by atoms with E-state index in [1.54, 1.807) is 24.8 Å². The summed E-state index contributed by atoms with van der Waals surface area (Å²) >= 11 is 5.57. The first-order chi connectivity index (χ1) is 12.7. The van der Waals surface area contributed by atoms with E-state index in [9.17, 15) is 0 Å². The van der Waals surface area contributed by atoms with Crippen molar-refractivity contribution in [2.45, 2.75) is 6.67 Å². The SMILES string of the molecule is Cn1c(-c2ccncc2)nn(CN2CCN(c3ncccn3)CC2)c1=S. The van der Waals surface area contributed by atoms with Crippen LogP contribution >= 0.6 is 12.2 Å². The van der Waals surface area contributed by atoms with Crippen LogP contribution in [0.4, 0.5) is 5.95 Å². The molecule has 0 amide bonds. The van der Waals surface area contributed by atoms with E-state index in [1.165, 1.54) is 0 Å². The van der Waals surface area contributed by atoms with Gasteiger partial charge >= 0.3 is 0 Å². The molecule has 1 saturated heterocycles. The van der Waals surface area contributed by atoms with Crippen LogP contribution in [0.1, 0.15) is 0 Å². The summed E-state index contributed by atoms with van der Waals surface area (Å²) in [7, 11) is 1.95. The number of anilines is 1. The molecule has 0 N–H and O–H groups in total. The molecule has 3 aromatic heterocycles. The molecule has 4 heterocycles. The summed E-state index contributed by atoms with van der Waals surface area (Å²) in [5.74, 6) is 1.65. The number of hydrogen-bond acceptors (Lipinski definition) is 7. The molecular weight excluding hydrogens is 348 g/mol. The minimum absolute atomic E-state index is 0.682. The molecule has 4 rings (SSSR count). The lowest BCUT2D eigenvalue weighted by Gasteiger charge is -2.34. The zero-order valence-electron chi connectivity index (χ0n) is 14.6. The number of pyridine rings is 1. The number of rotatable bonds is 4. The molecule has 9 heteroatoms. The van der Waals surface area contributed by atoms with Crippen LogP contribution in [0.5, 0.6) is 0 Å². The van der Waals surface area contributed by atoms with Crippen LogP contribution in [0.15, 0.2) is 43.0 Å². The molecule has 0 aromatic carbocycles. The number of aromatic nitrogens is 6. The highest BCUT2D eigenvalue weighted by Gasteiger charge is 2.20. The molecule has 0 unspecified atom stereocenters. The van der Waals surface area contributed by atoms with Crippen molar-refractivity contribution in [3.63, 3.8) is 0 Å². The lowest BCUT2D eigenvalue weighted by atomic mass is 10.2. The van der Waals surface area contributed by atoms with Gasteiger partial charge < -0.3 is 9.47 Å². The summed E-state index contributed by atoms with van der Waals surface area (Å²) in [6.07, 6.45) is 7.09. The second-order valence-electron chi connectivity index (χ2n) is 6.20. The van der Waals surface area contributed by atoms with Crippen LogP contribution < -0.4 is 4.90 Å². The van der Waals surface area contributed by atoms with E-state index in [0.717, 1.165) is 43.5 Å². The van der Waals surface area contributed by atoms with Crippen LogP contribution in [0.3, 0.4) is 0 Å². The molecule has 134 valence electrons. The fourth-order valence-electron chi connectivity index (χ4n) is 3.07. The molecule has 1 aliphatic heterocycles. The van der Waals surface area contributed by atoms with Crippen molar-refractivity contribution >= 4 is 18.2 Å². The van der Waals surface area contributed by atoms with Crippen LogP contribution in [-0.2, 0) is 13.7 Å². The Kier molecular flexibility index (Phi) is 4.72. The number of nitrogens with zero attached hydrogens (tertiary/aromatic N) is 8. The van der Waals surface area contributed by atoms with E-state index >= 15 is 0 Å². The zero-order chi connectivity index (χ0) is 17.9. The van der Waals surface area contributed by atoms with E-state index < -0.39 is 0 Å². The Balaban J connectivity index is 1.45. The third-order valence-electron chi connectivity index (χ3n) is 4.52. The van der Waals surface area contributed by atoms with Crippen LogP contribution in [0.25, 0.3) is 11.4 Å². The van der Waals surface area contributed by atoms with Gasteiger partial charge in [0.15, 0.2) is 10.6 Å². The highest BCUT2D eigenvalue weighted by atomic mass is 32.1. The Labute approximate surface area is 156 Å². The first kappa shape index (κ1) is 16.8. The van der Waals surface area contributed by atoms with Gasteiger partial charge in [0.25, 0.3) is 0 Å².